The Balaban J connectivity index is 2.75. The molecule has 0 radical (unpaired) electrons. The summed E-state index contributed by atoms with van der Waals surface area (Å²) in [6.45, 7) is 0. The number of benzene rings is 1. The van der Waals surface area contributed by atoms with E-state index >= 15 is 0 Å². The molecule has 0 amide bonds. The number of sulfone groups is 1. The van der Waals surface area contributed by atoms with Crippen LogP contribution in [-0.2, 0) is 9.84 Å². The van der Waals surface area contributed by atoms with Crippen LogP contribution in [0.3, 0.4) is 0 Å². The third-order valence-corrected chi connectivity index (χ3v) is 4.30. The molecule has 0 bridgehead atoms. The first-order valence-electron chi connectivity index (χ1n) is 4.28. The van der Waals surface area contributed by atoms with Crippen molar-refractivity contribution in [3.8, 4) is 0 Å². The molecular weight excluding hydrogens is 238 g/mol. The van der Waals surface area contributed by atoms with Crippen LogP contribution in [0.5, 0.6) is 0 Å². The zero-order valence-electron chi connectivity index (χ0n) is 7.64. The summed E-state index contributed by atoms with van der Waals surface area (Å²) < 4.78 is 23.4. The van der Waals surface area contributed by atoms with Crippen molar-refractivity contribution in [3.63, 3.8) is 0 Å². The SMILES string of the molecule is O=S1(=O)CC/C(=N\O)c2ccc(Cl)cc21. The van der Waals surface area contributed by atoms with Crippen molar-refractivity contribution in [1.29, 1.82) is 0 Å². The van der Waals surface area contributed by atoms with E-state index in [-0.39, 0.29) is 17.1 Å². The highest BCUT2D eigenvalue weighted by Crippen LogP contribution is 2.27. The van der Waals surface area contributed by atoms with Crippen molar-refractivity contribution in [2.45, 2.75) is 11.3 Å². The van der Waals surface area contributed by atoms with Crippen LogP contribution in [0, 0.1) is 0 Å². The molecule has 0 saturated heterocycles. The maximum absolute atomic E-state index is 11.7. The predicted molar refractivity (Wildman–Crippen MR) is 56.4 cm³/mol. The number of halogens is 1. The van der Waals surface area contributed by atoms with E-state index in [1.807, 2.05) is 0 Å². The predicted octanol–water partition coefficient (Wildman–Crippen LogP) is 1.70. The number of hydrogen-bond acceptors (Lipinski definition) is 4. The first kappa shape index (κ1) is 10.4. The van der Waals surface area contributed by atoms with E-state index in [0.717, 1.165) is 0 Å². The zero-order chi connectivity index (χ0) is 11.1. The van der Waals surface area contributed by atoms with Crippen LogP contribution in [-0.4, -0.2) is 25.1 Å². The van der Waals surface area contributed by atoms with Crippen LogP contribution < -0.4 is 0 Å². The molecule has 0 spiro atoms. The average Bonchev–Trinajstić information content (AvgIpc) is 2.19. The average molecular weight is 246 g/mol. The van der Waals surface area contributed by atoms with Gasteiger partial charge in [0.2, 0.25) is 0 Å². The van der Waals surface area contributed by atoms with Gasteiger partial charge in [0.15, 0.2) is 9.84 Å². The van der Waals surface area contributed by atoms with Gasteiger partial charge in [-0.2, -0.15) is 0 Å². The topological polar surface area (TPSA) is 66.7 Å². The summed E-state index contributed by atoms with van der Waals surface area (Å²) >= 11 is 5.73. The fraction of sp³-hybridized carbons (Fsp3) is 0.222. The van der Waals surface area contributed by atoms with Crippen LogP contribution in [0.4, 0.5) is 0 Å². The maximum Gasteiger partial charge on any atom is 0.179 e. The first-order chi connectivity index (χ1) is 7.04. The Labute approximate surface area is 92.1 Å². The number of fused-ring (bicyclic) bond motifs is 1. The standard InChI is InChI=1S/C9H8ClNO3S/c10-6-1-2-7-8(11-12)3-4-15(13,14)9(7)5-6/h1-2,5,12H,3-4H2/b11-8+. The third kappa shape index (κ3) is 1.72. The number of nitrogens with zero attached hydrogens (tertiary/aromatic N) is 1. The summed E-state index contributed by atoms with van der Waals surface area (Å²) in [6, 6.07) is 4.52. The largest absolute Gasteiger partial charge is 0.411 e. The van der Waals surface area contributed by atoms with Crippen LogP contribution in [0.15, 0.2) is 28.3 Å². The lowest BCUT2D eigenvalue weighted by atomic mass is 10.1. The first-order valence-corrected chi connectivity index (χ1v) is 6.31. The Kier molecular flexibility index (Phi) is 2.44. The second-order valence-corrected chi connectivity index (χ2v) is 5.77. The monoisotopic (exact) mass is 245 g/mol. The number of oxime groups is 1. The van der Waals surface area contributed by atoms with Crippen LogP contribution in [0.1, 0.15) is 12.0 Å². The van der Waals surface area contributed by atoms with E-state index < -0.39 is 9.84 Å². The zero-order valence-corrected chi connectivity index (χ0v) is 9.22. The van der Waals surface area contributed by atoms with Gasteiger partial charge >= 0.3 is 0 Å². The van der Waals surface area contributed by atoms with Crippen molar-refractivity contribution in [2.24, 2.45) is 5.16 Å². The van der Waals surface area contributed by atoms with Crippen LogP contribution >= 0.6 is 11.6 Å². The molecule has 0 aromatic heterocycles. The molecular formula is C9H8ClNO3S. The van der Waals surface area contributed by atoms with Gasteiger partial charge in [0.25, 0.3) is 0 Å². The van der Waals surface area contributed by atoms with Gasteiger partial charge < -0.3 is 5.21 Å². The molecule has 0 saturated carbocycles. The molecule has 2 rings (SSSR count). The Morgan fingerprint density at radius 2 is 2.13 bits per heavy atom. The maximum atomic E-state index is 11.7. The van der Waals surface area contributed by atoms with Gasteiger partial charge in [-0.15, -0.1) is 0 Å². The summed E-state index contributed by atoms with van der Waals surface area (Å²) in [5, 5.41) is 12.2. The molecule has 6 heteroatoms. The lowest BCUT2D eigenvalue weighted by Crippen LogP contribution is -2.21. The molecule has 15 heavy (non-hydrogen) atoms. The minimum absolute atomic E-state index is 0.0419. The molecule has 80 valence electrons. The summed E-state index contributed by atoms with van der Waals surface area (Å²) in [7, 11) is -3.28. The number of hydrogen-bond donors (Lipinski definition) is 1. The third-order valence-electron chi connectivity index (χ3n) is 2.32. The van der Waals surface area contributed by atoms with Gasteiger partial charge in [-0.3, -0.25) is 0 Å². The van der Waals surface area contributed by atoms with E-state index in [2.05, 4.69) is 5.16 Å². The van der Waals surface area contributed by atoms with Crippen molar-refractivity contribution in [3.05, 3.63) is 28.8 Å². The molecule has 1 aromatic carbocycles. The Morgan fingerprint density at radius 3 is 2.80 bits per heavy atom. The van der Waals surface area contributed by atoms with E-state index in [0.29, 0.717) is 16.3 Å². The molecule has 1 aliphatic rings. The van der Waals surface area contributed by atoms with Crippen molar-refractivity contribution in [1.82, 2.24) is 0 Å². The van der Waals surface area contributed by atoms with E-state index in [9.17, 15) is 8.42 Å². The lowest BCUT2D eigenvalue weighted by Gasteiger charge is -2.16. The van der Waals surface area contributed by atoms with Gasteiger partial charge in [0.05, 0.1) is 16.4 Å². The summed E-state index contributed by atoms with van der Waals surface area (Å²) in [5.74, 6) is -0.0419. The van der Waals surface area contributed by atoms with Crippen molar-refractivity contribution in [2.75, 3.05) is 5.75 Å². The van der Waals surface area contributed by atoms with Gasteiger partial charge in [0.1, 0.15) is 0 Å². The molecule has 0 aliphatic carbocycles. The molecule has 0 unspecified atom stereocenters. The fourth-order valence-corrected chi connectivity index (χ4v) is 3.32. The van der Waals surface area contributed by atoms with Crippen LogP contribution in [0.2, 0.25) is 5.02 Å². The van der Waals surface area contributed by atoms with E-state index in [1.54, 1.807) is 12.1 Å². The molecule has 4 nitrogen and oxygen atoms in total. The molecule has 1 aromatic rings. The van der Waals surface area contributed by atoms with Gasteiger partial charge in [-0.1, -0.05) is 22.8 Å². The molecule has 1 heterocycles. The number of rotatable bonds is 0. The van der Waals surface area contributed by atoms with Crippen molar-refractivity contribution < 1.29 is 13.6 Å². The Bertz CT molecular complexity index is 536. The normalized spacial score (nSPS) is 21.3. The second-order valence-electron chi connectivity index (χ2n) is 3.26. The van der Waals surface area contributed by atoms with Gasteiger partial charge in [-0.05, 0) is 12.1 Å². The molecule has 1 aliphatic heterocycles. The second kappa shape index (κ2) is 3.50. The highest BCUT2D eigenvalue weighted by molar-refractivity contribution is 7.91. The smallest absolute Gasteiger partial charge is 0.179 e. The summed E-state index contributed by atoms with van der Waals surface area (Å²) in [4.78, 5) is 0.147. The molecule has 0 fully saturated rings. The van der Waals surface area contributed by atoms with E-state index in [1.165, 1.54) is 6.07 Å². The highest BCUT2D eigenvalue weighted by atomic mass is 35.5. The van der Waals surface area contributed by atoms with E-state index in [4.69, 9.17) is 16.8 Å². The summed E-state index contributed by atoms with van der Waals surface area (Å²) in [6.07, 6.45) is 0.230. The van der Waals surface area contributed by atoms with Gasteiger partial charge in [0, 0.05) is 17.0 Å². The molecule has 1 N–H and O–H groups in total. The summed E-state index contributed by atoms with van der Waals surface area (Å²) in [5.41, 5.74) is 0.824. The fourth-order valence-electron chi connectivity index (χ4n) is 1.57. The van der Waals surface area contributed by atoms with Crippen LogP contribution in [0.25, 0.3) is 0 Å². The Morgan fingerprint density at radius 1 is 1.40 bits per heavy atom. The molecule has 0 atom stereocenters. The quantitative estimate of drug-likeness (QED) is 0.559. The highest BCUT2D eigenvalue weighted by Gasteiger charge is 2.28. The Hall–Kier alpha value is -1.07. The van der Waals surface area contributed by atoms with Gasteiger partial charge in [-0.25, -0.2) is 8.42 Å². The van der Waals surface area contributed by atoms with Crippen molar-refractivity contribution >= 4 is 27.1 Å². The minimum Gasteiger partial charge on any atom is -0.411 e. The lowest BCUT2D eigenvalue weighted by molar-refractivity contribution is 0.318. The minimum atomic E-state index is -3.28.